The van der Waals surface area contributed by atoms with Crippen molar-refractivity contribution in [3.05, 3.63) is 6.92 Å². The molecular weight excluding hydrogens is 124 g/mol. The zero-order valence-corrected chi connectivity index (χ0v) is 7.23. The van der Waals surface area contributed by atoms with Gasteiger partial charge < -0.3 is 4.74 Å². The van der Waals surface area contributed by atoms with Gasteiger partial charge >= 0.3 is 0 Å². The second kappa shape index (κ2) is 7.07. The van der Waals surface area contributed by atoms with Gasteiger partial charge in [0.2, 0.25) is 0 Å². The van der Waals surface area contributed by atoms with Crippen molar-refractivity contribution in [2.45, 2.75) is 45.6 Å². The predicted octanol–water partition coefficient (Wildman–Crippen LogP) is 2.81. The first-order chi connectivity index (χ1) is 4.85. The van der Waals surface area contributed by atoms with Gasteiger partial charge in [0.05, 0.1) is 6.10 Å². The lowest BCUT2D eigenvalue weighted by atomic mass is 10.2. The molecule has 10 heavy (non-hydrogen) atoms. The Morgan fingerprint density at radius 3 is 2.50 bits per heavy atom. The second-order valence-corrected chi connectivity index (χ2v) is 2.54. The monoisotopic (exact) mass is 143 g/mol. The summed E-state index contributed by atoms with van der Waals surface area (Å²) in [6, 6.07) is 0. The van der Waals surface area contributed by atoms with E-state index in [0.29, 0.717) is 6.10 Å². The molecule has 0 saturated carbocycles. The Hall–Kier alpha value is -0.0400. The van der Waals surface area contributed by atoms with Gasteiger partial charge in [-0.3, -0.25) is 0 Å². The standard InChI is InChI=1S/C9H19O/c1-4-7-8-10-9(5-2)6-3/h9H,2,4-8H2,1,3H3. The van der Waals surface area contributed by atoms with Crippen LogP contribution in [-0.4, -0.2) is 12.7 Å². The van der Waals surface area contributed by atoms with E-state index in [4.69, 9.17) is 4.74 Å². The van der Waals surface area contributed by atoms with Crippen LogP contribution in [0.2, 0.25) is 0 Å². The number of rotatable bonds is 6. The van der Waals surface area contributed by atoms with Gasteiger partial charge in [-0.2, -0.15) is 0 Å². The minimum Gasteiger partial charge on any atom is -0.378 e. The number of unbranched alkanes of at least 4 members (excludes halogenated alkanes) is 1. The minimum absolute atomic E-state index is 0.395. The summed E-state index contributed by atoms with van der Waals surface area (Å²) in [7, 11) is 0. The number of hydrogen-bond donors (Lipinski definition) is 0. The van der Waals surface area contributed by atoms with E-state index in [1.165, 1.54) is 12.8 Å². The molecule has 1 atom stereocenters. The van der Waals surface area contributed by atoms with E-state index in [1.54, 1.807) is 0 Å². The SMILES string of the molecule is [CH2]CC(CC)OCCCC. The summed E-state index contributed by atoms with van der Waals surface area (Å²) >= 11 is 0. The Balaban J connectivity index is 3.09. The highest BCUT2D eigenvalue weighted by atomic mass is 16.5. The van der Waals surface area contributed by atoms with Crippen LogP contribution < -0.4 is 0 Å². The fourth-order valence-electron chi connectivity index (χ4n) is 0.800. The highest BCUT2D eigenvalue weighted by Crippen LogP contribution is 2.03. The Bertz CT molecular complexity index is 57.7. The smallest absolute Gasteiger partial charge is 0.0572 e. The van der Waals surface area contributed by atoms with Gasteiger partial charge in [0.1, 0.15) is 0 Å². The molecule has 1 unspecified atom stereocenters. The molecule has 0 aliphatic rings. The van der Waals surface area contributed by atoms with Crippen LogP contribution in [0.15, 0.2) is 0 Å². The van der Waals surface area contributed by atoms with Crippen molar-refractivity contribution in [2.75, 3.05) is 6.61 Å². The molecule has 0 bridgehead atoms. The third-order valence-electron chi connectivity index (χ3n) is 1.63. The fourth-order valence-corrected chi connectivity index (χ4v) is 0.800. The van der Waals surface area contributed by atoms with Crippen molar-refractivity contribution in [3.8, 4) is 0 Å². The molecule has 0 amide bonds. The lowest BCUT2D eigenvalue weighted by Gasteiger charge is -2.12. The molecule has 0 aromatic heterocycles. The lowest BCUT2D eigenvalue weighted by Crippen LogP contribution is -2.10. The molecule has 0 N–H and O–H groups in total. The maximum Gasteiger partial charge on any atom is 0.0572 e. The van der Waals surface area contributed by atoms with Crippen LogP contribution in [0.5, 0.6) is 0 Å². The van der Waals surface area contributed by atoms with E-state index >= 15 is 0 Å². The zero-order chi connectivity index (χ0) is 7.82. The highest BCUT2D eigenvalue weighted by Gasteiger charge is 2.00. The second-order valence-electron chi connectivity index (χ2n) is 2.54. The summed E-state index contributed by atoms with van der Waals surface area (Å²) in [5.41, 5.74) is 0. The van der Waals surface area contributed by atoms with Crippen LogP contribution in [0.25, 0.3) is 0 Å². The van der Waals surface area contributed by atoms with Gasteiger partial charge in [-0.25, -0.2) is 0 Å². The Labute approximate surface area is 64.8 Å². The third-order valence-corrected chi connectivity index (χ3v) is 1.63. The van der Waals surface area contributed by atoms with Crippen LogP contribution in [0.1, 0.15) is 39.5 Å². The molecule has 0 aliphatic carbocycles. The van der Waals surface area contributed by atoms with Gasteiger partial charge in [-0.15, -0.1) is 0 Å². The molecular formula is C9H19O. The fraction of sp³-hybridized carbons (Fsp3) is 0.889. The molecule has 1 heteroatoms. The maximum atomic E-state index is 5.52. The Kier molecular flexibility index (Phi) is 7.04. The van der Waals surface area contributed by atoms with E-state index in [-0.39, 0.29) is 0 Å². The number of ether oxygens (including phenoxy) is 1. The Morgan fingerprint density at radius 1 is 1.40 bits per heavy atom. The number of hydrogen-bond acceptors (Lipinski definition) is 1. The first-order valence-electron chi connectivity index (χ1n) is 4.26. The van der Waals surface area contributed by atoms with E-state index in [9.17, 15) is 0 Å². The van der Waals surface area contributed by atoms with Crippen LogP contribution >= 0.6 is 0 Å². The van der Waals surface area contributed by atoms with Crippen molar-refractivity contribution in [1.29, 1.82) is 0 Å². The van der Waals surface area contributed by atoms with E-state index < -0.39 is 0 Å². The molecule has 0 aliphatic heterocycles. The van der Waals surface area contributed by atoms with Gasteiger partial charge in [0, 0.05) is 6.61 Å². The van der Waals surface area contributed by atoms with Crippen molar-refractivity contribution >= 4 is 0 Å². The maximum absolute atomic E-state index is 5.52. The summed E-state index contributed by atoms with van der Waals surface area (Å²) in [6.45, 7) is 9.03. The molecule has 0 heterocycles. The van der Waals surface area contributed by atoms with Gasteiger partial charge in [0.25, 0.3) is 0 Å². The largest absolute Gasteiger partial charge is 0.378 e. The predicted molar refractivity (Wildman–Crippen MR) is 44.9 cm³/mol. The van der Waals surface area contributed by atoms with E-state index in [2.05, 4.69) is 20.8 Å². The summed E-state index contributed by atoms with van der Waals surface area (Å²) in [5, 5.41) is 0. The van der Waals surface area contributed by atoms with Crippen LogP contribution in [0.4, 0.5) is 0 Å². The third kappa shape index (κ3) is 4.80. The highest BCUT2D eigenvalue weighted by molar-refractivity contribution is 4.55. The topological polar surface area (TPSA) is 9.23 Å². The molecule has 0 rings (SSSR count). The zero-order valence-electron chi connectivity index (χ0n) is 7.23. The summed E-state index contributed by atoms with van der Waals surface area (Å²) in [5.74, 6) is 0. The molecule has 0 aromatic rings. The lowest BCUT2D eigenvalue weighted by molar-refractivity contribution is 0.0505. The summed E-state index contributed by atoms with van der Waals surface area (Å²) < 4.78 is 5.52. The van der Waals surface area contributed by atoms with E-state index in [1.807, 2.05) is 0 Å². The van der Waals surface area contributed by atoms with Crippen LogP contribution in [0, 0.1) is 6.92 Å². The normalized spacial score (nSPS) is 10.8. The van der Waals surface area contributed by atoms with Crippen molar-refractivity contribution in [1.82, 2.24) is 0 Å². The van der Waals surface area contributed by atoms with Gasteiger partial charge in [0.15, 0.2) is 0 Å². The first kappa shape index (κ1) is 9.96. The van der Waals surface area contributed by atoms with Gasteiger partial charge in [-0.05, 0) is 19.3 Å². The van der Waals surface area contributed by atoms with Gasteiger partial charge in [-0.1, -0.05) is 27.2 Å². The van der Waals surface area contributed by atoms with E-state index in [0.717, 1.165) is 19.4 Å². The van der Waals surface area contributed by atoms with Crippen molar-refractivity contribution < 1.29 is 4.74 Å². The summed E-state index contributed by atoms with van der Waals surface area (Å²) in [6.07, 6.45) is 4.78. The molecule has 0 fully saturated rings. The van der Waals surface area contributed by atoms with Crippen LogP contribution in [0.3, 0.4) is 0 Å². The van der Waals surface area contributed by atoms with Crippen molar-refractivity contribution in [3.63, 3.8) is 0 Å². The quantitative estimate of drug-likeness (QED) is 0.519. The molecule has 61 valence electrons. The average Bonchev–Trinajstić information content (AvgIpc) is 1.99. The van der Waals surface area contributed by atoms with Crippen molar-refractivity contribution in [2.24, 2.45) is 0 Å². The first-order valence-corrected chi connectivity index (χ1v) is 4.26. The average molecular weight is 143 g/mol. The molecule has 1 nitrogen and oxygen atoms in total. The molecule has 1 radical (unpaired) electrons. The summed E-state index contributed by atoms with van der Waals surface area (Å²) in [4.78, 5) is 0. The minimum atomic E-state index is 0.395. The molecule has 0 spiro atoms. The molecule has 0 aromatic carbocycles. The van der Waals surface area contributed by atoms with Crippen LogP contribution in [-0.2, 0) is 4.74 Å². The Morgan fingerprint density at radius 2 is 2.10 bits per heavy atom. The molecule has 0 saturated heterocycles.